The Morgan fingerprint density at radius 1 is 1.16 bits per heavy atom. The van der Waals surface area contributed by atoms with E-state index in [0.717, 1.165) is 5.56 Å². The quantitative estimate of drug-likeness (QED) is 0.311. The highest BCUT2D eigenvalue weighted by Gasteiger charge is 2.14. The summed E-state index contributed by atoms with van der Waals surface area (Å²) in [5, 5.41) is 14.9. The van der Waals surface area contributed by atoms with Crippen LogP contribution < -0.4 is 5.43 Å². The number of hydrogen-bond acceptors (Lipinski definition) is 5. The molecule has 7 nitrogen and oxygen atoms in total. The fourth-order valence-electron chi connectivity index (χ4n) is 2.90. The first kappa shape index (κ1) is 22.2. The van der Waals surface area contributed by atoms with Gasteiger partial charge in [0.25, 0.3) is 5.69 Å². The molecule has 1 amide bonds. The summed E-state index contributed by atoms with van der Waals surface area (Å²) in [6, 6.07) is 15.4. The second-order valence-corrected chi connectivity index (χ2v) is 8.45. The molecule has 2 aromatic carbocycles. The maximum Gasteiger partial charge on any atom is 0.270 e. The van der Waals surface area contributed by atoms with E-state index in [-0.39, 0.29) is 28.5 Å². The van der Waals surface area contributed by atoms with E-state index < -0.39 is 4.92 Å². The molecular weight excluding hydrogens is 418 g/mol. The maximum absolute atomic E-state index is 12.1. The molecule has 0 atom stereocenters. The number of hydrazone groups is 1. The third-order valence-corrected chi connectivity index (χ3v) is 4.93. The molecule has 1 N–H and O–H groups in total. The van der Waals surface area contributed by atoms with E-state index in [0.29, 0.717) is 17.1 Å². The van der Waals surface area contributed by atoms with Gasteiger partial charge in [-0.1, -0.05) is 56.6 Å². The number of nitrogens with zero attached hydrogens (tertiary/aromatic N) is 2. The number of nitro groups is 1. The molecule has 0 aliphatic rings. The van der Waals surface area contributed by atoms with Gasteiger partial charge in [0, 0.05) is 17.7 Å². The molecule has 1 aromatic heterocycles. The molecule has 0 unspecified atom stereocenters. The van der Waals surface area contributed by atoms with Gasteiger partial charge in [0.2, 0.25) is 5.91 Å². The Balaban J connectivity index is 1.59. The lowest BCUT2D eigenvalue weighted by atomic mass is 9.86. The Morgan fingerprint density at radius 3 is 2.48 bits per heavy atom. The van der Waals surface area contributed by atoms with Gasteiger partial charge in [-0.25, -0.2) is 5.43 Å². The van der Waals surface area contributed by atoms with Crippen LogP contribution >= 0.6 is 11.6 Å². The number of nitro benzene ring substituents is 1. The molecule has 0 aliphatic heterocycles. The summed E-state index contributed by atoms with van der Waals surface area (Å²) in [5.74, 6) is 0.593. The summed E-state index contributed by atoms with van der Waals surface area (Å²) in [4.78, 5) is 22.4. The van der Waals surface area contributed by atoms with Crippen LogP contribution in [0.2, 0.25) is 5.02 Å². The van der Waals surface area contributed by atoms with Gasteiger partial charge in [-0.2, -0.15) is 5.10 Å². The SMILES string of the molecule is CC(C)(C)c1ccc(CC(=O)N/N=C\c2ccc(-c3ccc([N+](=O)[O-])cc3Cl)o2)cc1. The van der Waals surface area contributed by atoms with Crippen LogP contribution in [0.3, 0.4) is 0 Å². The Kier molecular flexibility index (Phi) is 6.56. The van der Waals surface area contributed by atoms with Gasteiger partial charge >= 0.3 is 0 Å². The molecule has 3 rings (SSSR count). The van der Waals surface area contributed by atoms with Crippen molar-refractivity contribution >= 4 is 29.4 Å². The number of carbonyl (C=O) groups is 1. The van der Waals surface area contributed by atoms with Gasteiger partial charge in [0.1, 0.15) is 11.5 Å². The molecule has 1 heterocycles. The number of halogens is 1. The average Bonchev–Trinajstić information content (AvgIpc) is 3.16. The Labute approximate surface area is 184 Å². The summed E-state index contributed by atoms with van der Waals surface area (Å²) < 4.78 is 5.64. The molecule has 0 aliphatic carbocycles. The third-order valence-electron chi connectivity index (χ3n) is 4.62. The third kappa shape index (κ3) is 5.79. The van der Waals surface area contributed by atoms with Crippen LogP contribution in [0.4, 0.5) is 5.69 Å². The topological polar surface area (TPSA) is 97.7 Å². The number of non-ortho nitro benzene ring substituents is 1. The molecular formula is C23H22ClN3O4. The second-order valence-electron chi connectivity index (χ2n) is 8.04. The summed E-state index contributed by atoms with van der Waals surface area (Å²) in [7, 11) is 0. The number of benzene rings is 2. The number of nitrogens with one attached hydrogen (secondary N) is 1. The highest BCUT2D eigenvalue weighted by atomic mass is 35.5. The van der Waals surface area contributed by atoms with E-state index in [1.807, 2.05) is 24.3 Å². The summed E-state index contributed by atoms with van der Waals surface area (Å²) in [6.07, 6.45) is 1.59. The maximum atomic E-state index is 12.1. The Hall–Kier alpha value is -3.45. The van der Waals surface area contributed by atoms with E-state index in [1.165, 1.54) is 30.0 Å². The smallest absolute Gasteiger partial charge is 0.270 e. The fourth-order valence-corrected chi connectivity index (χ4v) is 3.17. The molecule has 3 aromatic rings. The normalized spacial score (nSPS) is 11.6. The van der Waals surface area contributed by atoms with Crippen LogP contribution in [0, 0.1) is 10.1 Å². The van der Waals surface area contributed by atoms with Gasteiger partial charge in [0.15, 0.2) is 0 Å². The minimum atomic E-state index is -0.516. The highest BCUT2D eigenvalue weighted by Crippen LogP contribution is 2.32. The van der Waals surface area contributed by atoms with Crippen molar-refractivity contribution in [2.75, 3.05) is 0 Å². The van der Waals surface area contributed by atoms with Crippen LogP contribution in [-0.4, -0.2) is 17.0 Å². The number of hydrogen-bond donors (Lipinski definition) is 1. The number of carbonyl (C=O) groups excluding carboxylic acids is 1. The lowest BCUT2D eigenvalue weighted by molar-refractivity contribution is -0.384. The molecule has 0 fully saturated rings. The minimum Gasteiger partial charge on any atom is -0.455 e. The molecule has 0 saturated heterocycles. The summed E-state index contributed by atoms with van der Waals surface area (Å²) >= 11 is 6.12. The van der Waals surface area contributed by atoms with Crippen molar-refractivity contribution in [1.29, 1.82) is 0 Å². The van der Waals surface area contributed by atoms with Crippen molar-refractivity contribution in [3.8, 4) is 11.3 Å². The predicted octanol–water partition coefficient (Wildman–Crippen LogP) is 5.50. The van der Waals surface area contributed by atoms with Crippen molar-refractivity contribution < 1.29 is 14.1 Å². The largest absolute Gasteiger partial charge is 0.455 e. The zero-order chi connectivity index (χ0) is 22.6. The lowest BCUT2D eigenvalue weighted by Crippen LogP contribution is -2.20. The number of furan rings is 1. The zero-order valence-electron chi connectivity index (χ0n) is 17.4. The van der Waals surface area contributed by atoms with Crippen molar-refractivity contribution in [1.82, 2.24) is 5.43 Å². The van der Waals surface area contributed by atoms with Crippen LogP contribution in [0.5, 0.6) is 0 Å². The van der Waals surface area contributed by atoms with Crippen molar-refractivity contribution in [3.63, 3.8) is 0 Å². The van der Waals surface area contributed by atoms with E-state index in [4.69, 9.17) is 16.0 Å². The van der Waals surface area contributed by atoms with Crippen molar-refractivity contribution in [2.24, 2.45) is 5.10 Å². The van der Waals surface area contributed by atoms with E-state index in [2.05, 4.69) is 31.3 Å². The molecule has 0 radical (unpaired) electrons. The second kappa shape index (κ2) is 9.14. The minimum absolute atomic E-state index is 0.0612. The molecule has 0 saturated carbocycles. The van der Waals surface area contributed by atoms with Crippen LogP contribution in [0.15, 0.2) is 64.1 Å². The van der Waals surface area contributed by atoms with Crippen LogP contribution in [-0.2, 0) is 16.6 Å². The van der Waals surface area contributed by atoms with Gasteiger partial charge < -0.3 is 4.42 Å². The predicted molar refractivity (Wildman–Crippen MR) is 120 cm³/mol. The highest BCUT2D eigenvalue weighted by molar-refractivity contribution is 6.33. The first-order valence-corrected chi connectivity index (χ1v) is 9.97. The fraction of sp³-hybridized carbons (Fsp3) is 0.217. The zero-order valence-corrected chi connectivity index (χ0v) is 18.1. The van der Waals surface area contributed by atoms with Gasteiger partial charge in [-0.3, -0.25) is 14.9 Å². The molecule has 160 valence electrons. The van der Waals surface area contributed by atoms with Crippen LogP contribution in [0.1, 0.15) is 37.7 Å². The molecule has 0 spiro atoms. The van der Waals surface area contributed by atoms with E-state index >= 15 is 0 Å². The van der Waals surface area contributed by atoms with Gasteiger partial charge in [-0.15, -0.1) is 0 Å². The van der Waals surface area contributed by atoms with E-state index in [9.17, 15) is 14.9 Å². The summed E-state index contributed by atoms with van der Waals surface area (Å²) in [5.41, 5.74) is 5.06. The van der Waals surface area contributed by atoms with Crippen molar-refractivity contribution in [3.05, 3.63) is 86.6 Å². The molecule has 8 heteroatoms. The van der Waals surface area contributed by atoms with Crippen molar-refractivity contribution in [2.45, 2.75) is 32.6 Å². The standard InChI is InChI=1S/C23H22ClN3O4/c1-23(2,3)16-6-4-15(5-7-16)12-22(28)26-25-14-18-9-11-21(31-18)19-10-8-17(27(29)30)13-20(19)24/h4-11,13-14H,12H2,1-3H3,(H,26,28)/b25-14-. The Bertz CT molecular complexity index is 1130. The van der Waals surface area contributed by atoms with Gasteiger partial charge in [0.05, 0.1) is 22.6 Å². The lowest BCUT2D eigenvalue weighted by Gasteiger charge is -2.19. The number of amides is 1. The first-order valence-electron chi connectivity index (χ1n) is 9.59. The molecule has 0 bridgehead atoms. The first-order chi connectivity index (χ1) is 14.6. The monoisotopic (exact) mass is 439 g/mol. The number of rotatable bonds is 6. The average molecular weight is 440 g/mol. The summed E-state index contributed by atoms with van der Waals surface area (Å²) in [6.45, 7) is 6.41. The van der Waals surface area contributed by atoms with E-state index in [1.54, 1.807) is 12.1 Å². The van der Waals surface area contributed by atoms with Gasteiger partial charge in [-0.05, 0) is 34.7 Å². The Morgan fingerprint density at radius 2 is 1.87 bits per heavy atom. The molecule has 31 heavy (non-hydrogen) atoms. The van der Waals surface area contributed by atoms with Crippen LogP contribution in [0.25, 0.3) is 11.3 Å².